The van der Waals surface area contributed by atoms with Gasteiger partial charge in [-0.2, -0.15) is 0 Å². The van der Waals surface area contributed by atoms with Crippen molar-refractivity contribution in [3.63, 3.8) is 0 Å². The molecular formula is C19H27N3O. The van der Waals surface area contributed by atoms with Gasteiger partial charge in [-0.15, -0.1) is 0 Å². The zero-order chi connectivity index (χ0) is 15.5. The van der Waals surface area contributed by atoms with E-state index in [0.717, 1.165) is 19.8 Å². The number of H-pyrrole nitrogens is 1. The molecule has 2 N–H and O–H groups in total. The van der Waals surface area contributed by atoms with Crippen LogP contribution >= 0.6 is 0 Å². The number of ether oxygens (including phenoxy) is 1. The van der Waals surface area contributed by atoms with Crippen molar-refractivity contribution in [1.29, 1.82) is 0 Å². The summed E-state index contributed by atoms with van der Waals surface area (Å²) in [6, 6.07) is 9.23. The summed E-state index contributed by atoms with van der Waals surface area (Å²) in [5.74, 6) is 0.707. The van der Waals surface area contributed by atoms with Crippen molar-refractivity contribution >= 4 is 10.9 Å². The third-order valence-electron chi connectivity index (χ3n) is 5.44. The average molecular weight is 313 g/mol. The minimum atomic E-state index is 0.551. The first-order valence-corrected chi connectivity index (χ1v) is 8.99. The number of aromatic nitrogens is 1. The lowest BCUT2D eigenvalue weighted by Crippen LogP contribution is -2.44. The second-order valence-electron chi connectivity index (χ2n) is 6.92. The molecule has 1 aromatic heterocycles. The van der Waals surface area contributed by atoms with Gasteiger partial charge in [-0.25, -0.2) is 0 Å². The molecule has 2 aromatic rings. The summed E-state index contributed by atoms with van der Waals surface area (Å²) in [7, 11) is 0. The molecule has 23 heavy (non-hydrogen) atoms. The summed E-state index contributed by atoms with van der Waals surface area (Å²) in [6.45, 7) is 6.39. The Bertz CT molecular complexity index is 624. The van der Waals surface area contributed by atoms with Gasteiger partial charge in [-0.05, 0) is 56.4 Å². The maximum absolute atomic E-state index is 5.54. The fraction of sp³-hybridized carbons (Fsp3) is 0.579. The van der Waals surface area contributed by atoms with E-state index in [1.54, 1.807) is 0 Å². The standard InChI is InChI=1S/C19H27N3O/c1-2-4-19-17(3-1)18(13-21-19)15-5-9-22(10-6-15)11-7-16-14-23-12-8-20-16/h1-4,13,15-16,20-21H,5-12,14H2/t16-/m1/s1. The number of piperidine rings is 1. The number of nitrogens with zero attached hydrogens (tertiary/aromatic N) is 1. The molecule has 2 aliphatic rings. The van der Waals surface area contributed by atoms with E-state index in [4.69, 9.17) is 4.74 Å². The zero-order valence-electron chi connectivity index (χ0n) is 13.8. The molecule has 1 aromatic carbocycles. The molecule has 4 heteroatoms. The van der Waals surface area contributed by atoms with Crippen LogP contribution in [0.15, 0.2) is 30.5 Å². The summed E-state index contributed by atoms with van der Waals surface area (Å²) in [4.78, 5) is 6.06. The molecule has 0 bridgehead atoms. The fourth-order valence-corrected chi connectivity index (χ4v) is 4.04. The van der Waals surface area contributed by atoms with Crippen LogP contribution in [0.3, 0.4) is 0 Å². The summed E-state index contributed by atoms with van der Waals surface area (Å²) in [6.07, 6.45) is 5.99. The van der Waals surface area contributed by atoms with Gasteiger partial charge in [0.2, 0.25) is 0 Å². The zero-order valence-corrected chi connectivity index (χ0v) is 13.8. The molecule has 0 amide bonds. The molecule has 2 saturated heterocycles. The van der Waals surface area contributed by atoms with Gasteiger partial charge in [0.15, 0.2) is 0 Å². The lowest BCUT2D eigenvalue weighted by Gasteiger charge is -2.33. The Morgan fingerprint density at radius 3 is 2.87 bits per heavy atom. The molecule has 0 aliphatic carbocycles. The monoisotopic (exact) mass is 313 g/mol. The number of nitrogens with one attached hydrogen (secondary N) is 2. The Hall–Kier alpha value is -1.36. The SMILES string of the molecule is c1ccc2c(C3CCN(CC[C@@H]4COCCN4)CC3)c[nH]c2c1. The highest BCUT2D eigenvalue weighted by Crippen LogP contribution is 2.33. The van der Waals surface area contributed by atoms with E-state index in [9.17, 15) is 0 Å². The van der Waals surface area contributed by atoms with E-state index in [-0.39, 0.29) is 0 Å². The number of aromatic amines is 1. The van der Waals surface area contributed by atoms with Gasteiger partial charge in [-0.1, -0.05) is 18.2 Å². The van der Waals surface area contributed by atoms with Crippen LogP contribution in [0.5, 0.6) is 0 Å². The van der Waals surface area contributed by atoms with Crippen LogP contribution in [0, 0.1) is 0 Å². The Balaban J connectivity index is 1.30. The van der Waals surface area contributed by atoms with Crippen LogP contribution < -0.4 is 5.32 Å². The number of morpholine rings is 1. The lowest BCUT2D eigenvalue weighted by molar-refractivity contribution is 0.0685. The van der Waals surface area contributed by atoms with E-state index in [2.05, 4.69) is 45.7 Å². The first-order chi connectivity index (χ1) is 11.4. The molecule has 0 spiro atoms. The Morgan fingerprint density at radius 2 is 2.04 bits per heavy atom. The third-order valence-corrected chi connectivity index (χ3v) is 5.44. The molecule has 124 valence electrons. The van der Waals surface area contributed by atoms with E-state index < -0.39 is 0 Å². The summed E-state index contributed by atoms with van der Waals surface area (Å²) in [5, 5.41) is 4.97. The number of hydrogen-bond acceptors (Lipinski definition) is 3. The number of para-hydroxylation sites is 1. The van der Waals surface area contributed by atoms with Crippen LogP contribution in [0.1, 0.15) is 30.7 Å². The van der Waals surface area contributed by atoms with Crippen molar-refractivity contribution in [3.8, 4) is 0 Å². The molecular weight excluding hydrogens is 286 g/mol. The smallest absolute Gasteiger partial charge is 0.0620 e. The quantitative estimate of drug-likeness (QED) is 0.912. The van der Waals surface area contributed by atoms with E-state index in [0.29, 0.717) is 12.0 Å². The first-order valence-electron chi connectivity index (χ1n) is 8.99. The van der Waals surface area contributed by atoms with E-state index in [1.807, 2.05) is 0 Å². The molecule has 3 heterocycles. The predicted molar refractivity (Wildman–Crippen MR) is 93.9 cm³/mol. The van der Waals surface area contributed by atoms with Crippen LogP contribution in [0.2, 0.25) is 0 Å². The topological polar surface area (TPSA) is 40.3 Å². The summed E-state index contributed by atoms with van der Waals surface area (Å²) in [5.41, 5.74) is 2.79. The van der Waals surface area contributed by atoms with Gasteiger partial charge in [0.25, 0.3) is 0 Å². The van der Waals surface area contributed by atoms with Gasteiger partial charge in [-0.3, -0.25) is 0 Å². The number of rotatable bonds is 4. The summed E-state index contributed by atoms with van der Waals surface area (Å²) >= 11 is 0. The van der Waals surface area contributed by atoms with Crippen LogP contribution in [-0.4, -0.2) is 55.3 Å². The third kappa shape index (κ3) is 3.44. The van der Waals surface area contributed by atoms with Crippen molar-refractivity contribution in [1.82, 2.24) is 15.2 Å². The van der Waals surface area contributed by atoms with Crippen LogP contribution in [-0.2, 0) is 4.74 Å². The second kappa shape index (κ2) is 7.04. The lowest BCUT2D eigenvalue weighted by atomic mass is 9.89. The maximum atomic E-state index is 5.54. The Morgan fingerprint density at radius 1 is 1.17 bits per heavy atom. The highest BCUT2D eigenvalue weighted by Gasteiger charge is 2.23. The van der Waals surface area contributed by atoms with Gasteiger partial charge in [0.1, 0.15) is 0 Å². The molecule has 0 saturated carbocycles. The average Bonchev–Trinajstić information content (AvgIpc) is 3.05. The molecule has 0 unspecified atom stereocenters. The Kier molecular flexibility index (Phi) is 4.64. The molecule has 2 aliphatic heterocycles. The normalized spacial score (nSPS) is 24.3. The van der Waals surface area contributed by atoms with Crippen molar-refractivity contribution in [2.45, 2.75) is 31.2 Å². The van der Waals surface area contributed by atoms with Gasteiger partial charge >= 0.3 is 0 Å². The van der Waals surface area contributed by atoms with Gasteiger partial charge in [0.05, 0.1) is 13.2 Å². The van der Waals surface area contributed by atoms with Crippen molar-refractivity contribution in [2.75, 3.05) is 39.4 Å². The second-order valence-corrected chi connectivity index (χ2v) is 6.92. The van der Waals surface area contributed by atoms with Crippen molar-refractivity contribution < 1.29 is 4.74 Å². The number of benzene rings is 1. The fourth-order valence-electron chi connectivity index (χ4n) is 4.04. The number of hydrogen-bond donors (Lipinski definition) is 2. The molecule has 0 radical (unpaired) electrons. The van der Waals surface area contributed by atoms with Crippen LogP contribution in [0.4, 0.5) is 0 Å². The summed E-state index contributed by atoms with van der Waals surface area (Å²) < 4.78 is 5.54. The highest BCUT2D eigenvalue weighted by molar-refractivity contribution is 5.83. The molecule has 2 fully saturated rings. The number of fused-ring (bicyclic) bond motifs is 1. The van der Waals surface area contributed by atoms with E-state index >= 15 is 0 Å². The molecule has 4 rings (SSSR count). The van der Waals surface area contributed by atoms with Gasteiger partial charge < -0.3 is 19.9 Å². The van der Waals surface area contributed by atoms with Crippen molar-refractivity contribution in [2.24, 2.45) is 0 Å². The Labute approximate surface area is 138 Å². The predicted octanol–water partition coefficient (Wildman–Crippen LogP) is 2.73. The largest absolute Gasteiger partial charge is 0.379 e. The minimum Gasteiger partial charge on any atom is -0.379 e. The minimum absolute atomic E-state index is 0.551. The van der Waals surface area contributed by atoms with Crippen molar-refractivity contribution in [3.05, 3.63) is 36.0 Å². The number of likely N-dealkylation sites (tertiary alicyclic amines) is 1. The molecule has 4 nitrogen and oxygen atoms in total. The van der Waals surface area contributed by atoms with Crippen LogP contribution in [0.25, 0.3) is 10.9 Å². The van der Waals surface area contributed by atoms with Gasteiger partial charge in [0, 0.05) is 29.7 Å². The first kappa shape index (κ1) is 15.2. The molecule has 1 atom stereocenters. The maximum Gasteiger partial charge on any atom is 0.0620 e. The highest BCUT2D eigenvalue weighted by atomic mass is 16.5. The van der Waals surface area contributed by atoms with E-state index in [1.165, 1.54) is 55.4 Å².